The number of nitrogens with one attached hydrogen (secondary N) is 1. The summed E-state index contributed by atoms with van der Waals surface area (Å²) >= 11 is 0. The van der Waals surface area contributed by atoms with Crippen LogP contribution in [0.5, 0.6) is 0 Å². The zero-order valence-electron chi connectivity index (χ0n) is 10.7. The molecule has 2 N–H and O–H groups in total. The molecule has 1 rings (SSSR count). The number of aliphatic carboxylic acids is 1. The van der Waals surface area contributed by atoms with Crippen molar-refractivity contribution in [1.82, 2.24) is 10.2 Å². The van der Waals surface area contributed by atoms with E-state index in [9.17, 15) is 9.59 Å². The summed E-state index contributed by atoms with van der Waals surface area (Å²) < 4.78 is 5.17. The standard InChI is InChI=1S/C12H18N2O4/c1-8(2)14(7-11(15)16)12(17)13-9(3)10-5-4-6-18-10/h4-6,8-9H,7H2,1-3H3,(H,13,17)(H,15,16). The molecule has 0 aromatic carbocycles. The summed E-state index contributed by atoms with van der Waals surface area (Å²) in [7, 11) is 0. The highest BCUT2D eigenvalue weighted by Crippen LogP contribution is 2.13. The number of carboxylic acids is 1. The van der Waals surface area contributed by atoms with Gasteiger partial charge in [-0.3, -0.25) is 4.79 Å². The summed E-state index contributed by atoms with van der Waals surface area (Å²) in [5, 5.41) is 11.5. The maximum absolute atomic E-state index is 11.9. The Bertz CT molecular complexity index is 400. The van der Waals surface area contributed by atoms with Gasteiger partial charge in [-0.25, -0.2) is 4.79 Å². The van der Waals surface area contributed by atoms with Crippen molar-refractivity contribution in [3.63, 3.8) is 0 Å². The third-order valence-electron chi connectivity index (χ3n) is 2.50. The lowest BCUT2D eigenvalue weighted by Crippen LogP contribution is -2.47. The molecule has 0 saturated heterocycles. The SMILES string of the molecule is CC(NC(=O)N(CC(=O)O)C(C)C)c1ccco1. The average Bonchev–Trinajstić information content (AvgIpc) is 2.78. The van der Waals surface area contributed by atoms with Crippen molar-refractivity contribution in [2.45, 2.75) is 32.9 Å². The zero-order valence-corrected chi connectivity index (χ0v) is 10.7. The predicted octanol–water partition coefficient (Wildman–Crippen LogP) is 1.85. The Hall–Kier alpha value is -1.98. The first kappa shape index (κ1) is 14.1. The molecule has 0 aliphatic rings. The van der Waals surface area contributed by atoms with E-state index in [1.165, 1.54) is 11.2 Å². The first-order valence-electron chi connectivity index (χ1n) is 5.74. The minimum atomic E-state index is -1.04. The quantitative estimate of drug-likeness (QED) is 0.840. The van der Waals surface area contributed by atoms with Crippen molar-refractivity contribution in [1.29, 1.82) is 0 Å². The Balaban J connectivity index is 2.64. The highest BCUT2D eigenvalue weighted by Gasteiger charge is 2.22. The van der Waals surface area contributed by atoms with Gasteiger partial charge >= 0.3 is 12.0 Å². The third-order valence-corrected chi connectivity index (χ3v) is 2.50. The molecule has 1 atom stereocenters. The van der Waals surface area contributed by atoms with Gasteiger partial charge in [-0.05, 0) is 32.9 Å². The number of urea groups is 1. The molecule has 0 bridgehead atoms. The third kappa shape index (κ3) is 3.80. The fourth-order valence-electron chi connectivity index (χ4n) is 1.51. The highest BCUT2D eigenvalue weighted by atomic mass is 16.4. The van der Waals surface area contributed by atoms with E-state index in [1.54, 1.807) is 32.9 Å². The second-order valence-corrected chi connectivity index (χ2v) is 4.30. The zero-order chi connectivity index (χ0) is 13.7. The van der Waals surface area contributed by atoms with Crippen LogP contribution in [-0.2, 0) is 4.79 Å². The van der Waals surface area contributed by atoms with Gasteiger partial charge in [0.2, 0.25) is 0 Å². The number of carbonyl (C=O) groups is 2. The van der Waals surface area contributed by atoms with E-state index in [0.29, 0.717) is 5.76 Å². The molecular formula is C12H18N2O4. The normalized spacial score (nSPS) is 12.2. The molecule has 0 saturated carbocycles. The number of carbonyl (C=O) groups excluding carboxylic acids is 1. The van der Waals surface area contributed by atoms with E-state index in [1.807, 2.05) is 0 Å². The molecule has 0 aliphatic carbocycles. The van der Waals surface area contributed by atoms with Gasteiger partial charge in [-0.15, -0.1) is 0 Å². The summed E-state index contributed by atoms with van der Waals surface area (Å²) in [6, 6.07) is 2.57. The van der Waals surface area contributed by atoms with E-state index in [2.05, 4.69) is 5.32 Å². The van der Waals surface area contributed by atoms with Gasteiger partial charge in [-0.2, -0.15) is 0 Å². The van der Waals surface area contributed by atoms with Gasteiger partial charge in [0.1, 0.15) is 12.3 Å². The van der Waals surface area contributed by atoms with Crippen molar-refractivity contribution in [3.05, 3.63) is 24.2 Å². The summed E-state index contributed by atoms with van der Waals surface area (Å²) in [6.07, 6.45) is 1.52. The topological polar surface area (TPSA) is 82.8 Å². The van der Waals surface area contributed by atoms with Gasteiger partial charge in [-0.1, -0.05) is 0 Å². The van der Waals surface area contributed by atoms with Crippen molar-refractivity contribution < 1.29 is 19.1 Å². The van der Waals surface area contributed by atoms with Crippen LogP contribution in [0.4, 0.5) is 4.79 Å². The van der Waals surface area contributed by atoms with Crippen molar-refractivity contribution in [2.75, 3.05) is 6.54 Å². The Morgan fingerprint density at radius 1 is 1.44 bits per heavy atom. The lowest BCUT2D eigenvalue weighted by molar-refractivity contribution is -0.138. The van der Waals surface area contributed by atoms with E-state index < -0.39 is 12.0 Å². The van der Waals surface area contributed by atoms with Gasteiger partial charge in [0, 0.05) is 6.04 Å². The maximum Gasteiger partial charge on any atom is 0.323 e. The minimum absolute atomic E-state index is 0.190. The Kier molecular flexibility index (Phi) is 4.76. The molecule has 2 amide bonds. The molecular weight excluding hydrogens is 236 g/mol. The predicted molar refractivity (Wildman–Crippen MR) is 65.1 cm³/mol. The van der Waals surface area contributed by atoms with Gasteiger partial charge in [0.15, 0.2) is 0 Å². The van der Waals surface area contributed by atoms with Crippen LogP contribution in [0.3, 0.4) is 0 Å². The van der Waals surface area contributed by atoms with Gasteiger partial charge in [0.05, 0.1) is 12.3 Å². The van der Waals surface area contributed by atoms with Crippen LogP contribution < -0.4 is 5.32 Å². The van der Waals surface area contributed by atoms with Crippen molar-refractivity contribution >= 4 is 12.0 Å². The van der Waals surface area contributed by atoms with Crippen molar-refractivity contribution in [2.24, 2.45) is 0 Å². The molecule has 6 heteroatoms. The number of rotatable bonds is 5. The Morgan fingerprint density at radius 3 is 2.56 bits per heavy atom. The fraction of sp³-hybridized carbons (Fsp3) is 0.500. The number of furan rings is 1. The van der Waals surface area contributed by atoms with Crippen molar-refractivity contribution in [3.8, 4) is 0 Å². The molecule has 0 aliphatic heterocycles. The van der Waals surface area contributed by atoms with Crippen LogP contribution >= 0.6 is 0 Å². The van der Waals surface area contributed by atoms with Gasteiger partial charge < -0.3 is 19.7 Å². The first-order valence-corrected chi connectivity index (χ1v) is 5.74. The van der Waals surface area contributed by atoms with Crippen LogP contribution in [0.15, 0.2) is 22.8 Å². The van der Waals surface area contributed by atoms with Crippen LogP contribution in [0.2, 0.25) is 0 Å². The summed E-state index contributed by atoms with van der Waals surface area (Å²) in [5.74, 6) is -0.410. The highest BCUT2D eigenvalue weighted by molar-refractivity contribution is 5.80. The molecule has 0 radical (unpaired) electrons. The lowest BCUT2D eigenvalue weighted by atomic mass is 10.2. The Morgan fingerprint density at radius 2 is 2.11 bits per heavy atom. The second kappa shape index (κ2) is 6.09. The molecule has 18 heavy (non-hydrogen) atoms. The van der Waals surface area contributed by atoms with Gasteiger partial charge in [0.25, 0.3) is 0 Å². The van der Waals surface area contributed by atoms with Crippen LogP contribution in [0.25, 0.3) is 0 Å². The largest absolute Gasteiger partial charge is 0.480 e. The second-order valence-electron chi connectivity index (χ2n) is 4.30. The molecule has 1 aromatic rings. The summed E-state index contributed by atoms with van der Waals surface area (Å²) in [5.41, 5.74) is 0. The first-order chi connectivity index (χ1) is 8.41. The lowest BCUT2D eigenvalue weighted by Gasteiger charge is -2.26. The number of nitrogens with zero attached hydrogens (tertiary/aromatic N) is 1. The Labute approximate surface area is 106 Å². The van der Waals surface area contributed by atoms with E-state index >= 15 is 0 Å². The summed E-state index contributed by atoms with van der Waals surface area (Å²) in [4.78, 5) is 23.9. The molecule has 1 unspecified atom stereocenters. The molecule has 1 heterocycles. The van der Waals surface area contributed by atoms with E-state index in [0.717, 1.165) is 0 Å². The number of hydrogen-bond donors (Lipinski definition) is 2. The van der Waals surface area contributed by atoms with E-state index in [-0.39, 0.29) is 18.6 Å². The molecule has 0 fully saturated rings. The smallest absolute Gasteiger partial charge is 0.323 e. The summed E-state index contributed by atoms with van der Waals surface area (Å²) in [6.45, 7) is 4.98. The molecule has 1 aromatic heterocycles. The monoisotopic (exact) mass is 254 g/mol. The fourth-order valence-corrected chi connectivity index (χ4v) is 1.51. The van der Waals surface area contributed by atoms with E-state index in [4.69, 9.17) is 9.52 Å². The minimum Gasteiger partial charge on any atom is -0.480 e. The average molecular weight is 254 g/mol. The van der Waals surface area contributed by atoms with Crippen LogP contribution in [-0.4, -0.2) is 34.6 Å². The van der Waals surface area contributed by atoms with Crippen LogP contribution in [0.1, 0.15) is 32.6 Å². The molecule has 0 spiro atoms. The van der Waals surface area contributed by atoms with Crippen LogP contribution in [0, 0.1) is 0 Å². The number of carboxylic acid groups (broad SMARTS) is 1. The number of hydrogen-bond acceptors (Lipinski definition) is 3. The maximum atomic E-state index is 11.9. The molecule has 100 valence electrons. The number of amides is 2. The molecule has 6 nitrogen and oxygen atoms in total.